The van der Waals surface area contributed by atoms with Crippen LogP contribution in [0.1, 0.15) is 19.3 Å². The molecule has 0 aromatic carbocycles. The Labute approximate surface area is 97.9 Å². The van der Waals surface area contributed by atoms with Gasteiger partial charge >= 0.3 is 6.61 Å². The Kier molecular flexibility index (Phi) is 2.78. The molecular formula is C11H15F2NO3. The van der Waals surface area contributed by atoms with Gasteiger partial charge in [-0.2, -0.15) is 8.78 Å². The van der Waals surface area contributed by atoms with Crippen LogP contribution in [0.15, 0.2) is 0 Å². The number of carbonyl (C=O) groups is 1. The molecule has 3 atom stereocenters. The molecule has 3 saturated heterocycles. The molecule has 0 radical (unpaired) electrons. The third-order valence-electron chi connectivity index (χ3n) is 3.88. The van der Waals surface area contributed by atoms with Crippen molar-refractivity contribution in [2.75, 3.05) is 13.1 Å². The molecule has 0 saturated carbocycles. The number of hydrogen-bond donors (Lipinski definition) is 0. The Morgan fingerprint density at radius 2 is 2.12 bits per heavy atom. The fourth-order valence-electron chi connectivity index (χ4n) is 2.98. The first-order valence-corrected chi connectivity index (χ1v) is 6.01. The van der Waals surface area contributed by atoms with Gasteiger partial charge in [-0.05, 0) is 19.3 Å². The van der Waals surface area contributed by atoms with Crippen molar-refractivity contribution in [1.29, 1.82) is 0 Å². The summed E-state index contributed by atoms with van der Waals surface area (Å²) in [5, 5.41) is 0. The summed E-state index contributed by atoms with van der Waals surface area (Å²) in [5.74, 6) is -0.00688. The van der Waals surface area contributed by atoms with Gasteiger partial charge in [0.05, 0.1) is 24.2 Å². The zero-order valence-corrected chi connectivity index (χ0v) is 9.35. The van der Waals surface area contributed by atoms with E-state index in [4.69, 9.17) is 4.74 Å². The Morgan fingerprint density at radius 3 is 2.65 bits per heavy atom. The quantitative estimate of drug-likeness (QED) is 0.747. The molecule has 0 N–H and O–H groups in total. The van der Waals surface area contributed by atoms with Gasteiger partial charge in [0.25, 0.3) is 0 Å². The maximum Gasteiger partial charge on any atom is 0.345 e. The molecule has 3 fully saturated rings. The van der Waals surface area contributed by atoms with E-state index in [0.717, 1.165) is 19.3 Å². The van der Waals surface area contributed by atoms with E-state index >= 15 is 0 Å². The number of amides is 1. The van der Waals surface area contributed by atoms with E-state index in [9.17, 15) is 13.6 Å². The van der Waals surface area contributed by atoms with Gasteiger partial charge in [-0.15, -0.1) is 0 Å². The van der Waals surface area contributed by atoms with E-state index in [-0.39, 0.29) is 37.1 Å². The van der Waals surface area contributed by atoms with Crippen LogP contribution in [0.25, 0.3) is 0 Å². The minimum Gasteiger partial charge on any atom is -0.374 e. The highest BCUT2D eigenvalue weighted by Crippen LogP contribution is 2.40. The molecule has 6 heteroatoms. The van der Waals surface area contributed by atoms with E-state index in [1.807, 2.05) is 0 Å². The van der Waals surface area contributed by atoms with Crippen molar-refractivity contribution in [2.45, 2.75) is 44.2 Å². The minimum atomic E-state index is -2.75. The molecule has 2 bridgehead atoms. The van der Waals surface area contributed by atoms with Crippen LogP contribution in [-0.2, 0) is 14.3 Å². The summed E-state index contributed by atoms with van der Waals surface area (Å²) in [6.45, 7) is -2.17. The van der Waals surface area contributed by atoms with E-state index in [0.29, 0.717) is 0 Å². The lowest BCUT2D eigenvalue weighted by Gasteiger charge is -2.40. The zero-order chi connectivity index (χ0) is 12.0. The highest BCUT2D eigenvalue weighted by molar-refractivity contribution is 5.80. The molecule has 4 nitrogen and oxygen atoms in total. The Hall–Kier alpha value is -0.750. The lowest BCUT2D eigenvalue weighted by atomic mass is 9.87. The summed E-state index contributed by atoms with van der Waals surface area (Å²) in [6, 6.07) is 0. The fraction of sp³-hybridized carbons (Fsp3) is 0.909. The molecule has 96 valence electrons. The van der Waals surface area contributed by atoms with Crippen LogP contribution in [0.3, 0.4) is 0 Å². The Balaban J connectivity index is 1.49. The average molecular weight is 247 g/mol. The normalized spacial score (nSPS) is 36.6. The van der Waals surface area contributed by atoms with Gasteiger partial charge in [-0.1, -0.05) is 0 Å². The molecule has 3 rings (SSSR count). The second-order valence-electron chi connectivity index (χ2n) is 4.98. The molecule has 3 unspecified atom stereocenters. The van der Waals surface area contributed by atoms with Crippen LogP contribution >= 0.6 is 0 Å². The maximum absolute atomic E-state index is 12.1. The largest absolute Gasteiger partial charge is 0.374 e. The van der Waals surface area contributed by atoms with Gasteiger partial charge in [-0.25, -0.2) is 0 Å². The Morgan fingerprint density at radius 1 is 1.35 bits per heavy atom. The molecule has 0 spiro atoms. The van der Waals surface area contributed by atoms with Crippen molar-refractivity contribution in [3.63, 3.8) is 0 Å². The monoisotopic (exact) mass is 247 g/mol. The summed E-state index contributed by atoms with van der Waals surface area (Å²) in [4.78, 5) is 13.7. The van der Waals surface area contributed by atoms with Crippen molar-refractivity contribution >= 4 is 5.91 Å². The SMILES string of the molecule is O=C(C1CC2CCC1O2)N1CC(OC(F)F)C1. The standard InChI is InChI=1S/C11H15F2NO3/c12-11(13)17-7-4-14(5-7)10(15)8-3-6-1-2-9(8)16-6/h6-9,11H,1-5H2. The van der Waals surface area contributed by atoms with Crippen LogP contribution in [0.2, 0.25) is 0 Å². The number of ether oxygens (including phenoxy) is 2. The first kappa shape index (κ1) is 11.3. The van der Waals surface area contributed by atoms with Crippen molar-refractivity contribution in [3.05, 3.63) is 0 Å². The highest BCUT2D eigenvalue weighted by Gasteiger charge is 2.47. The summed E-state index contributed by atoms with van der Waals surface area (Å²) >= 11 is 0. The number of fused-ring (bicyclic) bond motifs is 2. The van der Waals surface area contributed by atoms with Gasteiger partial charge in [0.15, 0.2) is 0 Å². The fourth-order valence-corrected chi connectivity index (χ4v) is 2.98. The number of alkyl halides is 2. The second-order valence-corrected chi connectivity index (χ2v) is 4.98. The van der Waals surface area contributed by atoms with Crippen LogP contribution in [0.5, 0.6) is 0 Å². The number of carbonyl (C=O) groups excluding carboxylic acids is 1. The molecule has 3 heterocycles. The van der Waals surface area contributed by atoms with Crippen molar-refractivity contribution in [2.24, 2.45) is 5.92 Å². The number of likely N-dealkylation sites (tertiary alicyclic amines) is 1. The number of hydrogen-bond acceptors (Lipinski definition) is 3. The van der Waals surface area contributed by atoms with Gasteiger partial charge < -0.3 is 14.4 Å². The molecule has 1 amide bonds. The van der Waals surface area contributed by atoms with Crippen LogP contribution in [-0.4, -0.2) is 48.8 Å². The minimum absolute atomic E-state index is 0.0475. The van der Waals surface area contributed by atoms with E-state index in [1.54, 1.807) is 4.90 Å². The first-order chi connectivity index (χ1) is 8.13. The number of rotatable bonds is 3. The molecule has 3 aliphatic rings. The molecule has 0 aromatic heterocycles. The van der Waals surface area contributed by atoms with E-state index in [2.05, 4.69) is 4.74 Å². The maximum atomic E-state index is 12.1. The van der Waals surface area contributed by atoms with Crippen molar-refractivity contribution < 1.29 is 23.0 Å². The van der Waals surface area contributed by atoms with Crippen LogP contribution in [0.4, 0.5) is 8.78 Å². The molecule has 0 aromatic rings. The molecule has 0 aliphatic carbocycles. The van der Waals surface area contributed by atoms with Gasteiger partial charge in [0.2, 0.25) is 5.91 Å². The topological polar surface area (TPSA) is 38.8 Å². The Bertz CT molecular complexity index is 320. The van der Waals surface area contributed by atoms with Gasteiger partial charge in [-0.3, -0.25) is 4.79 Å². The lowest BCUT2D eigenvalue weighted by Crippen LogP contribution is -2.57. The number of halogens is 2. The molecule has 3 aliphatic heterocycles. The van der Waals surface area contributed by atoms with E-state index in [1.165, 1.54) is 0 Å². The predicted molar refractivity (Wildman–Crippen MR) is 53.5 cm³/mol. The smallest absolute Gasteiger partial charge is 0.345 e. The average Bonchev–Trinajstić information content (AvgIpc) is 2.82. The van der Waals surface area contributed by atoms with E-state index < -0.39 is 12.7 Å². The van der Waals surface area contributed by atoms with Gasteiger partial charge in [0, 0.05) is 13.1 Å². The summed E-state index contributed by atoms with van der Waals surface area (Å²) in [5.41, 5.74) is 0. The predicted octanol–water partition coefficient (Wildman–Crippen LogP) is 1.00. The molecular weight excluding hydrogens is 232 g/mol. The zero-order valence-electron chi connectivity index (χ0n) is 9.35. The first-order valence-electron chi connectivity index (χ1n) is 6.01. The van der Waals surface area contributed by atoms with Crippen LogP contribution < -0.4 is 0 Å². The summed E-state index contributed by atoms with van der Waals surface area (Å²) in [6.07, 6.45) is 2.59. The highest BCUT2D eigenvalue weighted by atomic mass is 19.3. The van der Waals surface area contributed by atoms with Crippen LogP contribution in [0, 0.1) is 5.92 Å². The second kappa shape index (κ2) is 4.17. The van der Waals surface area contributed by atoms with Crippen molar-refractivity contribution in [3.8, 4) is 0 Å². The van der Waals surface area contributed by atoms with Gasteiger partial charge in [0.1, 0.15) is 0 Å². The number of nitrogens with zero attached hydrogens (tertiary/aromatic N) is 1. The lowest BCUT2D eigenvalue weighted by molar-refractivity contribution is -0.200. The molecule has 17 heavy (non-hydrogen) atoms. The third kappa shape index (κ3) is 2.04. The summed E-state index contributed by atoms with van der Waals surface area (Å²) in [7, 11) is 0. The van der Waals surface area contributed by atoms with Crippen molar-refractivity contribution in [1.82, 2.24) is 4.90 Å². The third-order valence-corrected chi connectivity index (χ3v) is 3.88. The summed E-state index contributed by atoms with van der Waals surface area (Å²) < 4.78 is 33.8.